The van der Waals surface area contributed by atoms with E-state index in [1.165, 1.54) is 5.57 Å². The van der Waals surface area contributed by atoms with Crippen LogP contribution in [0.25, 0.3) is 0 Å². The van der Waals surface area contributed by atoms with Gasteiger partial charge in [0.15, 0.2) is 5.78 Å². The molecule has 1 heteroatoms. The summed E-state index contributed by atoms with van der Waals surface area (Å²) in [4.78, 5) is 12.5. The van der Waals surface area contributed by atoms with Crippen molar-refractivity contribution in [3.05, 3.63) is 60.2 Å². The fraction of sp³-hybridized carbons (Fsp3) is 0.353. The molecular formula is C17H22O. The number of hydrogen-bond donors (Lipinski definition) is 0. The van der Waals surface area contributed by atoms with Gasteiger partial charge in [-0.2, -0.15) is 0 Å². The number of carbonyl (C=O) groups excluding carboxylic acids is 1. The topological polar surface area (TPSA) is 17.1 Å². The Kier molecular flexibility index (Phi) is 5.08. The molecular weight excluding hydrogens is 220 g/mol. The van der Waals surface area contributed by atoms with Crippen molar-refractivity contribution in [3.63, 3.8) is 0 Å². The Hall–Kier alpha value is -1.63. The van der Waals surface area contributed by atoms with Crippen LogP contribution in [0.5, 0.6) is 0 Å². The quantitative estimate of drug-likeness (QED) is 0.517. The molecule has 0 saturated heterocycles. The van der Waals surface area contributed by atoms with Crippen LogP contribution in [-0.4, -0.2) is 5.78 Å². The second-order valence-corrected chi connectivity index (χ2v) is 5.14. The summed E-state index contributed by atoms with van der Waals surface area (Å²) in [5.41, 5.74) is 1.57. The molecule has 0 aliphatic carbocycles. The van der Waals surface area contributed by atoms with Crippen LogP contribution in [0.4, 0.5) is 0 Å². The zero-order valence-electron chi connectivity index (χ0n) is 11.6. The lowest BCUT2D eigenvalue weighted by Crippen LogP contribution is -2.25. The highest BCUT2D eigenvalue weighted by Crippen LogP contribution is 2.29. The average molecular weight is 242 g/mol. The second kappa shape index (κ2) is 6.34. The maximum Gasteiger partial charge on any atom is 0.172 e. The minimum absolute atomic E-state index is 0.153. The molecule has 0 N–H and O–H groups in total. The van der Waals surface area contributed by atoms with Gasteiger partial charge in [-0.05, 0) is 33.6 Å². The van der Waals surface area contributed by atoms with Crippen LogP contribution in [0, 0.1) is 5.41 Å². The van der Waals surface area contributed by atoms with Gasteiger partial charge in [-0.25, -0.2) is 0 Å². The third-order valence-corrected chi connectivity index (χ3v) is 3.22. The van der Waals surface area contributed by atoms with Gasteiger partial charge in [-0.3, -0.25) is 4.79 Å². The van der Waals surface area contributed by atoms with Crippen molar-refractivity contribution in [1.29, 1.82) is 0 Å². The molecule has 1 aromatic rings. The Labute approximate surface area is 110 Å². The van der Waals surface area contributed by atoms with E-state index in [0.717, 1.165) is 18.4 Å². The molecule has 1 atom stereocenters. The highest BCUT2D eigenvalue weighted by atomic mass is 16.1. The Bertz CT molecular complexity index is 438. The molecule has 1 aromatic carbocycles. The summed E-state index contributed by atoms with van der Waals surface area (Å²) in [7, 11) is 0. The molecule has 1 nitrogen and oxygen atoms in total. The Morgan fingerprint density at radius 3 is 2.39 bits per heavy atom. The minimum Gasteiger partial charge on any atom is -0.293 e. The molecule has 0 amide bonds. The lowest BCUT2D eigenvalue weighted by atomic mass is 9.78. The van der Waals surface area contributed by atoms with Crippen LogP contribution in [0.3, 0.4) is 0 Å². The van der Waals surface area contributed by atoms with Gasteiger partial charge in [0.25, 0.3) is 0 Å². The summed E-state index contributed by atoms with van der Waals surface area (Å²) in [6, 6.07) is 9.45. The second-order valence-electron chi connectivity index (χ2n) is 5.14. The Morgan fingerprint density at radius 1 is 1.28 bits per heavy atom. The number of ketones is 1. The van der Waals surface area contributed by atoms with Gasteiger partial charge in [-0.15, -0.1) is 6.58 Å². The van der Waals surface area contributed by atoms with Crippen molar-refractivity contribution in [2.75, 3.05) is 0 Å². The molecule has 1 unspecified atom stereocenters. The maximum atomic E-state index is 12.5. The normalized spacial score (nSPS) is 13.5. The SMILES string of the molecule is C=CC(C)(CCC=C(C)C)C(=O)c1ccccc1. The predicted molar refractivity (Wildman–Crippen MR) is 77.7 cm³/mol. The van der Waals surface area contributed by atoms with Crippen molar-refractivity contribution in [2.24, 2.45) is 5.41 Å². The van der Waals surface area contributed by atoms with Gasteiger partial charge in [0.2, 0.25) is 0 Å². The van der Waals surface area contributed by atoms with Gasteiger partial charge in [-0.1, -0.05) is 48.1 Å². The molecule has 0 bridgehead atoms. The molecule has 1 rings (SSSR count). The molecule has 0 spiro atoms. The fourth-order valence-electron chi connectivity index (χ4n) is 1.89. The molecule has 96 valence electrons. The molecule has 0 aliphatic heterocycles. The molecule has 0 aliphatic rings. The first kappa shape index (κ1) is 14.4. The Balaban J connectivity index is 2.84. The summed E-state index contributed by atoms with van der Waals surface area (Å²) >= 11 is 0. The number of rotatable bonds is 6. The lowest BCUT2D eigenvalue weighted by Gasteiger charge is -2.23. The molecule has 0 aromatic heterocycles. The van der Waals surface area contributed by atoms with Gasteiger partial charge in [0, 0.05) is 11.0 Å². The molecule has 0 fully saturated rings. The van der Waals surface area contributed by atoms with E-state index >= 15 is 0 Å². The summed E-state index contributed by atoms with van der Waals surface area (Å²) in [6.45, 7) is 9.95. The van der Waals surface area contributed by atoms with E-state index in [0.29, 0.717) is 0 Å². The first-order chi connectivity index (χ1) is 8.49. The van der Waals surface area contributed by atoms with Crippen molar-refractivity contribution in [3.8, 4) is 0 Å². The lowest BCUT2D eigenvalue weighted by molar-refractivity contribution is 0.0861. The summed E-state index contributed by atoms with van der Waals surface area (Å²) in [5.74, 6) is 0.153. The first-order valence-corrected chi connectivity index (χ1v) is 6.36. The summed E-state index contributed by atoms with van der Waals surface area (Å²) in [6.07, 6.45) is 5.65. The predicted octanol–water partition coefficient (Wildman–Crippen LogP) is 4.81. The molecule has 18 heavy (non-hydrogen) atoms. The number of Topliss-reactive ketones (excluding diaryl/α,β-unsaturated/α-hetero) is 1. The summed E-state index contributed by atoms with van der Waals surface area (Å²) in [5, 5.41) is 0. The van der Waals surface area contributed by atoms with Crippen molar-refractivity contribution < 1.29 is 4.79 Å². The largest absolute Gasteiger partial charge is 0.293 e. The number of benzene rings is 1. The number of carbonyl (C=O) groups is 1. The summed E-state index contributed by atoms with van der Waals surface area (Å²) < 4.78 is 0. The van der Waals surface area contributed by atoms with Crippen molar-refractivity contribution >= 4 is 5.78 Å². The van der Waals surface area contributed by atoms with Crippen LogP contribution in [0.2, 0.25) is 0 Å². The standard InChI is InChI=1S/C17H22O/c1-5-17(4,13-9-10-14(2)3)16(18)15-11-7-6-8-12-15/h5-8,10-12H,1,9,13H2,2-4H3. The van der Waals surface area contributed by atoms with Crippen LogP contribution < -0.4 is 0 Å². The van der Waals surface area contributed by atoms with E-state index in [1.807, 2.05) is 37.3 Å². The zero-order chi connectivity index (χ0) is 13.6. The minimum atomic E-state index is -0.479. The van der Waals surface area contributed by atoms with E-state index in [-0.39, 0.29) is 5.78 Å². The monoisotopic (exact) mass is 242 g/mol. The average Bonchev–Trinajstić information content (AvgIpc) is 2.38. The van der Waals surface area contributed by atoms with Gasteiger partial charge in [0.1, 0.15) is 0 Å². The fourth-order valence-corrected chi connectivity index (χ4v) is 1.89. The zero-order valence-corrected chi connectivity index (χ0v) is 11.6. The van der Waals surface area contributed by atoms with Crippen molar-refractivity contribution in [2.45, 2.75) is 33.6 Å². The molecule has 0 heterocycles. The molecule has 0 radical (unpaired) electrons. The third-order valence-electron chi connectivity index (χ3n) is 3.22. The maximum absolute atomic E-state index is 12.5. The van der Waals surface area contributed by atoms with E-state index in [2.05, 4.69) is 26.5 Å². The van der Waals surface area contributed by atoms with Crippen molar-refractivity contribution in [1.82, 2.24) is 0 Å². The van der Waals surface area contributed by atoms with Gasteiger partial charge >= 0.3 is 0 Å². The van der Waals surface area contributed by atoms with Crippen LogP contribution in [0.15, 0.2) is 54.6 Å². The van der Waals surface area contributed by atoms with E-state index < -0.39 is 5.41 Å². The van der Waals surface area contributed by atoms with Crippen LogP contribution in [-0.2, 0) is 0 Å². The smallest absolute Gasteiger partial charge is 0.172 e. The highest BCUT2D eigenvalue weighted by Gasteiger charge is 2.29. The third kappa shape index (κ3) is 3.69. The number of hydrogen-bond acceptors (Lipinski definition) is 1. The van der Waals surface area contributed by atoms with Gasteiger partial charge in [0.05, 0.1) is 0 Å². The molecule has 0 saturated carbocycles. The highest BCUT2D eigenvalue weighted by molar-refractivity contribution is 6.01. The van der Waals surface area contributed by atoms with Crippen LogP contribution >= 0.6 is 0 Å². The van der Waals surface area contributed by atoms with Crippen LogP contribution in [0.1, 0.15) is 44.0 Å². The van der Waals surface area contributed by atoms with E-state index in [9.17, 15) is 4.79 Å². The van der Waals surface area contributed by atoms with E-state index in [4.69, 9.17) is 0 Å². The Morgan fingerprint density at radius 2 is 1.89 bits per heavy atom. The van der Waals surface area contributed by atoms with E-state index in [1.54, 1.807) is 6.08 Å². The van der Waals surface area contributed by atoms with Gasteiger partial charge < -0.3 is 0 Å². The number of allylic oxidation sites excluding steroid dienone is 3. The first-order valence-electron chi connectivity index (χ1n) is 6.36.